The molecule has 9 heteroatoms. The lowest BCUT2D eigenvalue weighted by molar-refractivity contribution is -0.135. The normalized spacial score (nSPS) is 27.1. The lowest BCUT2D eigenvalue weighted by Crippen LogP contribution is -2.62. The van der Waals surface area contributed by atoms with Crippen LogP contribution >= 0.6 is 0 Å². The highest BCUT2D eigenvalue weighted by molar-refractivity contribution is 5.81. The molecule has 188 valence electrons. The van der Waals surface area contributed by atoms with E-state index in [0.29, 0.717) is 37.4 Å². The number of nitrogens with one attached hydrogen (secondary N) is 1. The number of amides is 2. The molecule has 3 aliphatic heterocycles. The van der Waals surface area contributed by atoms with Crippen LogP contribution in [-0.2, 0) is 16.0 Å². The number of carbonyl (C=O) groups is 2. The van der Waals surface area contributed by atoms with Crippen LogP contribution in [-0.4, -0.2) is 80.0 Å². The summed E-state index contributed by atoms with van der Waals surface area (Å²) >= 11 is 0. The summed E-state index contributed by atoms with van der Waals surface area (Å²) in [6.45, 7) is 6.75. The maximum Gasteiger partial charge on any atom is 0.407 e. The number of carbonyl (C=O) groups excluding carboxylic acids is 2. The molecule has 8 nitrogen and oxygen atoms in total. The van der Waals surface area contributed by atoms with E-state index < -0.39 is 24.3 Å². The summed E-state index contributed by atoms with van der Waals surface area (Å²) in [7, 11) is 3.25. The monoisotopic (exact) mass is 477 g/mol. The van der Waals surface area contributed by atoms with Crippen LogP contribution in [0.5, 0.6) is 11.5 Å². The Morgan fingerprint density at radius 2 is 1.88 bits per heavy atom. The Balaban J connectivity index is 1.63. The van der Waals surface area contributed by atoms with Crippen LogP contribution < -0.4 is 14.8 Å². The van der Waals surface area contributed by atoms with Gasteiger partial charge in [0.15, 0.2) is 11.5 Å². The SMILES string of the molecule is COc1cc2c(cc1OC)[C@@H]1C[C@H](NC(=O)OC(C)(C)C)[C@@H](N3CCC(CF)C3=O)CN1CC2. The van der Waals surface area contributed by atoms with Crippen LogP contribution in [0.2, 0.25) is 0 Å². The second-order valence-corrected chi connectivity index (χ2v) is 10.4. The van der Waals surface area contributed by atoms with Gasteiger partial charge in [0.2, 0.25) is 5.91 Å². The van der Waals surface area contributed by atoms with Gasteiger partial charge in [0.05, 0.1) is 32.2 Å². The van der Waals surface area contributed by atoms with Crippen molar-refractivity contribution in [1.82, 2.24) is 15.1 Å². The first-order chi connectivity index (χ1) is 16.1. The number of rotatable bonds is 5. The molecule has 0 spiro atoms. The Morgan fingerprint density at radius 3 is 2.50 bits per heavy atom. The van der Waals surface area contributed by atoms with Crippen LogP contribution in [0.1, 0.15) is 50.8 Å². The summed E-state index contributed by atoms with van der Waals surface area (Å²) in [5, 5.41) is 3.04. The summed E-state index contributed by atoms with van der Waals surface area (Å²) in [6, 6.07) is 3.54. The quantitative estimate of drug-likeness (QED) is 0.702. The number of hydrogen-bond acceptors (Lipinski definition) is 6. The highest BCUT2D eigenvalue weighted by Gasteiger charge is 2.46. The highest BCUT2D eigenvalue weighted by Crippen LogP contribution is 2.43. The Kier molecular flexibility index (Phi) is 6.94. The minimum atomic E-state index is -0.645. The fraction of sp³-hybridized carbons (Fsp3) is 0.680. The third-order valence-corrected chi connectivity index (χ3v) is 7.12. The van der Waals surface area contributed by atoms with Gasteiger partial charge in [-0.2, -0.15) is 0 Å². The molecule has 1 aromatic rings. The average molecular weight is 478 g/mol. The topological polar surface area (TPSA) is 80.3 Å². The van der Waals surface area contributed by atoms with E-state index >= 15 is 0 Å². The lowest BCUT2D eigenvalue weighted by atomic mass is 9.82. The number of likely N-dealkylation sites (tertiary alicyclic amines) is 1. The molecule has 1 aromatic carbocycles. The first-order valence-corrected chi connectivity index (χ1v) is 12.0. The van der Waals surface area contributed by atoms with Gasteiger partial charge in [0, 0.05) is 25.7 Å². The fourth-order valence-electron chi connectivity index (χ4n) is 5.51. The van der Waals surface area contributed by atoms with Crippen molar-refractivity contribution in [2.24, 2.45) is 5.92 Å². The summed E-state index contributed by atoms with van der Waals surface area (Å²) in [5.74, 6) is 0.624. The Hall–Kier alpha value is -2.55. The number of alkyl carbamates (subject to hydrolysis) is 1. The van der Waals surface area contributed by atoms with Crippen LogP contribution in [0.25, 0.3) is 0 Å². The van der Waals surface area contributed by atoms with Gasteiger partial charge in [-0.3, -0.25) is 14.1 Å². The van der Waals surface area contributed by atoms with Gasteiger partial charge in [0.1, 0.15) is 12.3 Å². The molecule has 1 unspecified atom stereocenters. The molecule has 34 heavy (non-hydrogen) atoms. The largest absolute Gasteiger partial charge is 0.493 e. The Labute approximate surface area is 200 Å². The number of benzene rings is 1. The number of nitrogens with zero attached hydrogens (tertiary/aromatic N) is 2. The molecule has 0 aromatic heterocycles. The molecule has 2 saturated heterocycles. The number of halogens is 1. The minimum Gasteiger partial charge on any atom is -0.493 e. The molecule has 4 atom stereocenters. The molecule has 1 N–H and O–H groups in total. The van der Waals surface area contributed by atoms with Crippen molar-refractivity contribution in [2.75, 3.05) is 40.5 Å². The third-order valence-electron chi connectivity index (χ3n) is 7.12. The van der Waals surface area contributed by atoms with Gasteiger partial charge in [-0.05, 0) is 63.3 Å². The lowest BCUT2D eigenvalue weighted by Gasteiger charge is -2.49. The zero-order chi connectivity index (χ0) is 24.6. The first kappa shape index (κ1) is 24.6. The number of methoxy groups -OCH3 is 2. The van der Waals surface area contributed by atoms with Crippen molar-refractivity contribution in [3.05, 3.63) is 23.3 Å². The molecule has 2 amide bonds. The molecule has 4 rings (SSSR count). The molecule has 3 heterocycles. The molecule has 0 radical (unpaired) electrons. The van der Waals surface area contributed by atoms with Crippen molar-refractivity contribution in [3.63, 3.8) is 0 Å². The molecule has 2 fully saturated rings. The second kappa shape index (κ2) is 9.60. The average Bonchev–Trinajstić information content (AvgIpc) is 3.16. The predicted molar refractivity (Wildman–Crippen MR) is 125 cm³/mol. The van der Waals surface area contributed by atoms with E-state index in [-0.39, 0.29) is 24.0 Å². The van der Waals surface area contributed by atoms with Crippen LogP contribution in [0.3, 0.4) is 0 Å². The van der Waals surface area contributed by atoms with E-state index in [1.165, 1.54) is 5.56 Å². The zero-order valence-corrected chi connectivity index (χ0v) is 20.7. The molecular formula is C25H36FN3O5. The number of fused-ring (bicyclic) bond motifs is 3. The van der Waals surface area contributed by atoms with Crippen molar-refractivity contribution in [2.45, 2.75) is 63.8 Å². The van der Waals surface area contributed by atoms with Crippen LogP contribution in [0.15, 0.2) is 12.1 Å². The molecule has 3 aliphatic rings. The van der Waals surface area contributed by atoms with E-state index in [9.17, 15) is 14.0 Å². The molecule has 0 saturated carbocycles. The first-order valence-electron chi connectivity index (χ1n) is 12.0. The van der Waals surface area contributed by atoms with Gasteiger partial charge < -0.3 is 24.4 Å². The molecular weight excluding hydrogens is 441 g/mol. The van der Waals surface area contributed by atoms with Gasteiger partial charge >= 0.3 is 6.09 Å². The van der Waals surface area contributed by atoms with Crippen molar-refractivity contribution in [1.29, 1.82) is 0 Å². The molecule has 0 bridgehead atoms. The van der Waals surface area contributed by atoms with Crippen molar-refractivity contribution >= 4 is 12.0 Å². The smallest absolute Gasteiger partial charge is 0.407 e. The number of ether oxygens (including phenoxy) is 3. The number of hydrogen-bond donors (Lipinski definition) is 1. The van der Waals surface area contributed by atoms with E-state index in [4.69, 9.17) is 14.2 Å². The zero-order valence-electron chi connectivity index (χ0n) is 20.7. The van der Waals surface area contributed by atoms with Gasteiger partial charge in [-0.25, -0.2) is 4.79 Å². The molecule has 0 aliphatic carbocycles. The van der Waals surface area contributed by atoms with E-state index in [1.54, 1.807) is 19.1 Å². The predicted octanol–water partition coefficient (Wildman–Crippen LogP) is 3.09. The third kappa shape index (κ3) is 4.80. The summed E-state index contributed by atoms with van der Waals surface area (Å²) in [5.41, 5.74) is 1.71. The minimum absolute atomic E-state index is 0.0504. The number of piperidine rings is 1. The fourth-order valence-corrected chi connectivity index (χ4v) is 5.51. The van der Waals surface area contributed by atoms with Crippen LogP contribution in [0.4, 0.5) is 9.18 Å². The van der Waals surface area contributed by atoms with Gasteiger partial charge in [-0.15, -0.1) is 0 Å². The number of alkyl halides is 1. The van der Waals surface area contributed by atoms with E-state index in [0.717, 1.165) is 18.5 Å². The highest BCUT2D eigenvalue weighted by atomic mass is 19.1. The van der Waals surface area contributed by atoms with Crippen molar-refractivity contribution < 1.29 is 28.2 Å². The van der Waals surface area contributed by atoms with Crippen LogP contribution in [0, 0.1) is 5.92 Å². The van der Waals surface area contributed by atoms with Gasteiger partial charge in [-0.1, -0.05) is 0 Å². The Bertz CT molecular complexity index is 934. The maximum atomic E-state index is 13.4. The van der Waals surface area contributed by atoms with E-state index in [2.05, 4.69) is 10.2 Å². The Morgan fingerprint density at radius 1 is 1.18 bits per heavy atom. The summed E-state index contributed by atoms with van der Waals surface area (Å²) < 4.78 is 29.9. The van der Waals surface area contributed by atoms with E-state index in [1.807, 2.05) is 32.9 Å². The van der Waals surface area contributed by atoms with Gasteiger partial charge in [0.25, 0.3) is 0 Å². The second-order valence-electron chi connectivity index (χ2n) is 10.4. The summed E-state index contributed by atoms with van der Waals surface area (Å²) in [6.07, 6.45) is 1.46. The maximum absolute atomic E-state index is 13.4. The van der Waals surface area contributed by atoms with Crippen molar-refractivity contribution in [3.8, 4) is 11.5 Å². The standard InChI is InChI=1S/C25H36FN3O5/c1-25(2,3)34-24(31)27-18-12-19-17-11-22(33-5)21(32-4)10-15(17)6-8-28(19)14-20(18)29-9-7-16(13-26)23(29)30/h10-11,16,18-20H,6-9,12-14H2,1-5H3,(H,27,31)/t16?,18-,19-,20-/m0/s1. The summed E-state index contributed by atoms with van der Waals surface area (Å²) in [4.78, 5) is 29.8.